The average Bonchev–Trinajstić information content (AvgIpc) is 2.44. The van der Waals surface area contributed by atoms with Gasteiger partial charge in [-0.1, -0.05) is 19.9 Å². The first kappa shape index (κ1) is 17.4. The molecule has 1 aromatic carbocycles. The number of benzene rings is 1. The van der Waals surface area contributed by atoms with Crippen molar-refractivity contribution >= 4 is 5.91 Å². The van der Waals surface area contributed by atoms with Gasteiger partial charge in [-0.2, -0.15) is 0 Å². The van der Waals surface area contributed by atoms with Gasteiger partial charge in [0.1, 0.15) is 5.75 Å². The van der Waals surface area contributed by atoms with Gasteiger partial charge in [-0.15, -0.1) is 0 Å². The van der Waals surface area contributed by atoms with Gasteiger partial charge in [0.2, 0.25) is 0 Å². The summed E-state index contributed by atoms with van der Waals surface area (Å²) < 4.78 is 30.5. The fourth-order valence-electron chi connectivity index (χ4n) is 1.73. The lowest BCUT2D eigenvalue weighted by atomic mass is 10.2. The van der Waals surface area contributed by atoms with Gasteiger partial charge in [0.05, 0.1) is 19.8 Å². The average molecular weight is 301 g/mol. The number of ether oxygens (including phenoxy) is 1. The Kier molecular flexibility index (Phi) is 7.08. The smallest absolute Gasteiger partial charge is 0.255 e. The van der Waals surface area contributed by atoms with Crippen LogP contribution >= 0.6 is 0 Å². The maximum absolute atomic E-state index is 12.5. The quantitative estimate of drug-likeness (QED) is 0.802. The van der Waals surface area contributed by atoms with Crippen molar-refractivity contribution in [2.75, 3.05) is 26.3 Å². The van der Waals surface area contributed by atoms with Crippen molar-refractivity contribution in [3.63, 3.8) is 0 Å². The van der Waals surface area contributed by atoms with Gasteiger partial charge >= 0.3 is 0 Å². The Morgan fingerprint density at radius 3 is 2.67 bits per heavy atom. The molecular formula is C15H21F2NO3. The summed E-state index contributed by atoms with van der Waals surface area (Å²) in [5.74, 6) is 0.323. The van der Waals surface area contributed by atoms with E-state index in [9.17, 15) is 13.6 Å². The number of carbonyl (C=O) groups excluding carboxylic acids is 1. The number of halogens is 2. The van der Waals surface area contributed by atoms with Crippen LogP contribution in [0.1, 0.15) is 24.2 Å². The molecule has 118 valence electrons. The summed E-state index contributed by atoms with van der Waals surface area (Å²) in [6.45, 7) is 3.33. The molecule has 6 heteroatoms. The molecule has 1 N–H and O–H groups in total. The lowest BCUT2D eigenvalue weighted by molar-refractivity contribution is 0.0509. The zero-order valence-corrected chi connectivity index (χ0v) is 12.3. The molecular weight excluding hydrogens is 280 g/mol. The summed E-state index contributed by atoms with van der Waals surface area (Å²) in [4.78, 5) is 13.1. The lowest BCUT2D eigenvalue weighted by Gasteiger charge is -2.21. The van der Waals surface area contributed by atoms with E-state index < -0.39 is 18.9 Å². The Morgan fingerprint density at radius 1 is 1.38 bits per heavy atom. The van der Waals surface area contributed by atoms with Crippen LogP contribution in [-0.4, -0.2) is 48.6 Å². The standard InChI is InChI=1S/C15H21F2NO3/c1-11(2)10-21-13-5-3-4-12(8-13)15(20)18(6-7-19)9-14(16)17/h3-5,8,11,14,19H,6-7,9-10H2,1-2H3. The minimum Gasteiger partial charge on any atom is -0.493 e. The molecule has 0 atom stereocenters. The Hall–Kier alpha value is -1.69. The van der Waals surface area contributed by atoms with Crippen molar-refractivity contribution < 1.29 is 23.4 Å². The molecule has 0 spiro atoms. The molecule has 0 aliphatic rings. The summed E-state index contributed by atoms with van der Waals surface area (Å²) in [5.41, 5.74) is 0.269. The molecule has 0 aliphatic carbocycles. The number of amides is 1. The van der Waals surface area contributed by atoms with Gasteiger partial charge in [0, 0.05) is 12.1 Å². The zero-order chi connectivity index (χ0) is 15.8. The summed E-state index contributed by atoms with van der Waals surface area (Å²) in [6.07, 6.45) is -2.64. The van der Waals surface area contributed by atoms with Gasteiger partial charge in [-0.05, 0) is 24.1 Å². The van der Waals surface area contributed by atoms with Crippen molar-refractivity contribution in [3.05, 3.63) is 29.8 Å². The molecule has 0 unspecified atom stereocenters. The van der Waals surface area contributed by atoms with E-state index >= 15 is 0 Å². The third-order valence-electron chi connectivity index (χ3n) is 2.68. The molecule has 0 saturated carbocycles. The maximum Gasteiger partial charge on any atom is 0.255 e. The number of hydrogen-bond donors (Lipinski definition) is 1. The van der Waals surface area contributed by atoms with E-state index in [-0.39, 0.29) is 18.7 Å². The minimum absolute atomic E-state index is 0.125. The number of nitrogens with zero attached hydrogens (tertiary/aromatic N) is 1. The van der Waals surface area contributed by atoms with Crippen LogP contribution in [0.15, 0.2) is 24.3 Å². The second-order valence-electron chi connectivity index (χ2n) is 5.10. The van der Waals surface area contributed by atoms with Crippen LogP contribution in [-0.2, 0) is 0 Å². The molecule has 1 rings (SSSR count). The first-order valence-corrected chi connectivity index (χ1v) is 6.85. The SMILES string of the molecule is CC(C)COc1cccc(C(=O)N(CCO)CC(F)F)c1. The van der Waals surface area contributed by atoms with E-state index in [1.165, 1.54) is 6.07 Å². The Labute approximate surface area is 123 Å². The van der Waals surface area contributed by atoms with Crippen molar-refractivity contribution in [2.45, 2.75) is 20.3 Å². The zero-order valence-electron chi connectivity index (χ0n) is 12.3. The van der Waals surface area contributed by atoms with Crippen molar-refractivity contribution in [3.8, 4) is 5.75 Å². The van der Waals surface area contributed by atoms with Crippen molar-refractivity contribution in [1.29, 1.82) is 0 Å². The second-order valence-corrected chi connectivity index (χ2v) is 5.10. The Balaban J connectivity index is 2.81. The highest BCUT2D eigenvalue weighted by Gasteiger charge is 2.19. The van der Waals surface area contributed by atoms with Gasteiger partial charge in [0.25, 0.3) is 12.3 Å². The van der Waals surface area contributed by atoms with Crippen molar-refractivity contribution in [1.82, 2.24) is 4.90 Å². The van der Waals surface area contributed by atoms with E-state index in [2.05, 4.69) is 0 Å². The van der Waals surface area contributed by atoms with Crippen LogP contribution in [0.25, 0.3) is 0 Å². The molecule has 0 aromatic heterocycles. The number of rotatable bonds is 8. The molecule has 0 radical (unpaired) electrons. The predicted molar refractivity (Wildman–Crippen MR) is 75.8 cm³/mol. The largest absolute Gasteiger partial charge is 0.493 e. The maximum atomic E-state index is 12.5. The molecule has 0 fully saturated rings. The van der Waals surface area contributed by atoms with Crippen LogP contribution in [0, 0.1) is 5.92 Å². The van der Waals surface area contributed by atoms with Crippen LogP contribution in [0.5, 0.6) is 5.75 Å². The highest BCUT2D eigenvalue weighted by atomic mass is 19.3. The Bertz CT molecular complexity index is 452. The molecule has 4 nitrogen and oxygen atoms in total. The highest BCUT2D eigenvalue weighted by Crippen LogP contribution is 2.16. The first-order chi connectivity index (χ1) is 9.93. The fraction of sp³-hybridized carbons (Fsp3) is 0.533. The number of aliphatic hydroxyl groups is 1. The molecule has 21 heavy (non-hydrogen) atoms. The monoisotopic (exact) mass is 301 g/mol. The predicted octanol–water partition coefficient (Wildman–Crippen LogP) is 2.42. The van der Waals surface area contributed by atoms with Gasteiger partial charge in [0.15, 0.2) is 0 Å². The molecule has 1 amide bonds. The summed E-state index contributed by atoms with van der Waals surface area (Å²) in [5, 5.41) is 8.88. The van der Waals surface area contributed by atoms with E-state index in [0.29, 0.717) is 18.3 Å². The number of alkyl halides is 2. The highest BCUT2D eigenvalue weighted by molar-refractivity contribution is 5.94. The molecule has 1 aromatic rings. The van der Waals surface area contributed by atoms with Gasteiger partial charge in [-0.25, -0.2) is 8.78 Å². The van der Waals surface area contributed by atoms with E-state index in [1.807, 2.05) is 13.8 Å². The first-order valence-electron chi connectivity index (χ1n) is 6.85. The normalized spacial score (nSPS) is 11.0. The minimum atomic E-state index is -2.64. The van der Waals surface area contributed by atoms with Crippen LogP contribution in [0.2, 0.25) is 0 Å². The van der Waals surface area contributed by atoms with Crippen molar-refractivity contribution in [2.24, 2.45) is 5.92 Å². The number of aliphatic hydroxyl groups excluding tert-OH is 1. The summed E-state index contributed by atoms with van der Waals surface area (Å²) >= 11 is 0. The molecule has 0 aliphatic heterocycles. The van der Waals surface area contributed by atoms with Gasteiger partial charge in [-0.3, -0.25) is 4.79 Å². The van der Waals surface area contributed by atoms with E-state index in [4.69, 9.17) is 9.84 Å². The molecule has 0 heterocycles. The third-order valence-corrected chi connectivity index (χ3v) is 2.68. The summed E-state index contributed by atoms with van der Waals surface area (Å²) in [7, 11) is 0. The number of carbonyl (C=O) groups is 1. The van der Waals surface area contributed by atoms with Crippen LogP contribution in [0.4, 0.5) is 8.78 Å². The fourth-order valence-corrected chi connectivity index (χ4v) is 1.73. The molecule has 0 bridgehead atoms. The molecule has 0 saturated heterocycles. The second kappa shape index (κ2) is 8.56. The van der Waals surface area contributed by atoms with Gasteiger partial charge < -0.3 is 14.7 Å². The number of hydrogen-bond acceptors (Lipinski definition) is 3. The Morgan fingerprint density at radius 2 is 2.10 bits per heavy atom. The van der Waals surface area contributed by atoms with E-state index in [0.717, 1.165) is 4.90 Å². The van der Waals surface area contributed by atoms with Crippen LogP contribution in [0.3, 0.4) is 0 Å². The van der Waals surface area contributed by atoms with Crippen LogP contribution < -0.4 is 4.74 Å². The topological polar surface area (TPSA) is 49.8 Å². The lowest BCUT2D eigenvalue weighted by Crippen LogP contribution is -2.37. The summed E-state index contributed by atoms with van der Waals surface area (Å²) in [6, 6.07) is 6.42. The van der Waals surface area contributed by atoms with E-state index in [1.54, 1.807) is 18.2 Å². The third kappa shape index (κ3) is 6.08.